The molecule has 0 radical (unpaired) electrons. The molecule has 0 aromatic heterocycles. The predicted octanol–water partition coefficient (Wildman–Crippen LogP) is 1.73. The fraction of sp³-hybridized carbons (Fsp3) is 0.167. The Balaban J connectivity index is 3.11. The van der Waals surface area contributed by atoms with Crippen LogP contribution in [-0.2, 0) is 4.74 Å². The number of para-hydroxylation sites is 1. The summed E-state index contributed by atoms with van der Waals surface area (Å²) >= 11 is 0. The second-order valence-electron chi connectivity index (χ2n) is 3.47. The normalized spacial score (nSPS) is 9.61. The minimum absolute atomic E-state index is 0.0400. The SMILES string of the molecule is C=CCOC(=O)N(C)c1c(N)cccc1C(=O)O. The number of hydrogen-bond acceptors (Lipinski definition) is 4. The van der Waals surface area contributed by atoms with Gasteiger partial charge in [-0.05, 0) is 12.1 Å². The van der Waals surface area contributed by atoms with Crippen molar-refractivity contribution in [1.82, 2.24) is 0 Å². The Morgan fingerprint density at radius 2 is 2.22 bits per heavy atom. The molecule has 6 nitrogen and oxygen atoms in total. The van der Waals surface area contributed by atoms with E-state index in [1.807, 2.05) is 0 Å². The molecule has 0 unspecified atom stereocenters. The van der Waals surface area contributed by atoms with Gasteiger partial charge >= 0.3 is 12.1 Å². The topological polar surface area (TPSA) is 92.9 Å². The largest absolute Gasteiger partial charge is 0.478 e. The first-order valence-electron chi connectivity index (χ1n) is 5.12. The van der Waals surface area contributed by atoms with Crippen LogP contribution in [0.25, 0.3) is 0 Å². The van der Waals surface area contributed by atoms with Crippen molar-refractivity contribution in [2.24, 2.45) is 0 Å². The lowest BCUT2D eigenvalue weighted by molar-refractivity contribution is 0.0697. The number of carbonyl (C=O) groups excluding carboxylic acids is 1. The van der Waals surface area contributed by atoms with Crippen molar-refractivity contribution < 1.29 is 19.4 Å². The number of ether oxygens (including phenoxy) is 1. The summed E-state index contributed by atoms with van der Waals surface area (Å²) in [7, 11) is 1.39. The van der Waals surface area contributed by atoms with E-state index in [1.165, 1.54) is 31.3 Å². The highest BCUT2D eigenvalue weighted by molar-refractivity contribution is 6.03. The standard InChI is InChI=1S/C12H14N2O4/c1-3-7-18-12(17)14(2)10-8(11(15)16)5-4-6-9(10)13/h3-6H,1,7,13H2,2H3,(H,15,16). The van der Waals surface area contributed by atoms with Gasteiger partial charge in [-0.25, -0.2) is 9.59 Å². The van der Waals surface area contributed by atoms with Gasteiger partial charge in [-0.2, -0.15) is 0 Å². The van der Waals surface area contributed by atoms with Crippen LogP contribution in [0.3, 0.4) is 0 Å². The van der Waals surface area contributed by atoms with E-state index in [2.05, 4.69) is 6.58 Å². The quantitative estimate of drug-likeness (QED) is 0.627. The molecule has 0 saturated carbocycles. The second kappa shape index (κ2) is 5.72. The molecule has 0 fully saturated rings. The molecular formula is C12H14N2O4. The van der Waals surface area contributed by atoms with Crippen molar-refractivity contribution in [3.05, 3.63) is 36.4 Å². The Hall–Kier alpha value is -2.50. The Labute approximate surface area is 104 Å². The summed E-state index contributed by atoms with van der Waals surface area (Å²) in [6, 6.07) is 4.38. The summed E-state index contributed by atoms with van der Waals surface area (Å²) in [6.07, 6.45) is 0.716. The van der Waals surface area contributed by atoms with E-state index >= 15 is 0 Å². The van der Waals surface area contributed by atoms with Crippen molar-refractivity contribution in [3.8, 4) is 0 Å². The zero-order valence-corrected chi connectivity index (χ0v) is 9.92. The molecule has 1 aromatic rings. The van der Waals surface area contributed by atoms with E-state index in [0.717, 1.165) is 4.90 Å². The first-order valence-corrected chi connectivity index (χ1v) is 5.12. The molecule has 96 valence electrons. The number of hydrogen-bond donors (Lipinski definition) is 2. The average Bonchev–Trinajstić information content (AvgIpc) is 2.34. The Morgan fingerprint density at radius 1 is 1.56 bits per heavy atom. The number of nitrogens with zero attached hydrogens (tertiary/aromatic N) is 1. The third-order valence-electron chi connectivity index (χ3n) is 2.23. The molecule has 1 amide bonds. The molecule has 0 spiro atoms. The summed E-state index contributed by atoms with van der Waals surface area (Å²) < 4.78 is 4.82. The van der Waals surface area contributed by atoms with E-state index in [1.54, 1.807) is 0 Å². The van der Waals surface area contributed by atoms with Crippen LogP contribution in [0.15, 0.2) is 30.9 Å². The zero-order valence-electron chi connectivity index (χ0n) is 9.92. The maximum absolute atomic E-state index is 11.6. The first kappa shape index (κ1) is 13.6. The molecule has 0 atom stereocenters. The number of benzene rings is 1. The van der Waals surface area contributed by atoms with Crippen LogP contribution in [0, 0.1) is 0 Å². The van der Waals surface area contributed by atoms with E-state index in [0.29, 0.717) is 0 Å². The third kappa shape index (κ3) is 2.79. The summed E-state index contributed by atoms with van der Waals surface area (Å²) in [4.78, 5) is 23.8. The van der Waals surface area contributed by atoms with Gasteiger partial charge in [0, 0.05) is 7.05 Å². The Kier molecular flexibility index (Phi) is 4.31. The van der Waals surface area contributed by atoms with Crippen molar-refractivity contribution in [1.29, 1.82) is 0 Å². The number of nitrogen functional groups attached to an aromatic ring is 1. The Morgan fingerprint density at radius 3 is 2.78 bits per heavy atom. The molecule has 0 aliphatic rings. The predicted molar refractivity (Wildman–Crippen MR) is 67.8 cm³/mol. The monoisotopic (exact) mass is 250 g/mol. The van der Waals surface area contributed by atoms with Crippen LogP contribution in [0.2, 0.25) is 0 Å². The van der Waals surface area contributed by atoms with Gasteiger partial charge < -0.3 is 15.6 Å². The van der Waals surface area contributed by atoms with E-state index in [9.17, 15) is 9.59 Å². The van der Waals surface area contributed by atoms with E-state index in [4.69, 9.17) is 15.6 Å². The number of aromatic carboxylic acids is 1. The van der Waals surface area contributed by atoms with Crippen LogP contribution < -0.4 is 10.6 Å². The van der Waals surface area contributed by atoms with Gasteiger partial charge in [0.15, 0.2) is 0 Å². The molecule has 0 aliphatic carbocycles. The lowest BCUT2D eigenvalue weighted by Crippen LogP contribution is -2.29. The van der Waals surface area contributed by atoms with Crippen LogP contribution >= 0.6 is 0 Å². The molecule has 0 heterocycles. The smallest absolute Gasteiger partial charge is 0.414 e. The Bertz CT molecular complexity index is 485. The molecule has 0 bridgehead atoms. The second-order valence-corrected chi connectivity index (χ2v) is 3.47. The first-order chi connectivity index (χ1) is 8.49. The van der Waals surface area contributed by atoms with Gasteiger partial charge in [-0.15, -0.1) is 0 Å². The number of amides is 1. The third-order valence-corrected chi connectivity index (χ3v) is 2.23. The summed E-state index contributed by atoms with van der Waals surface area (Å²) in [5.41, 5.74) is 5.93. The fourth-order valence-electron chi connectivity index (χ4n) is 1.43. The number of carboxylic acids is 1. The van der Waals surface area contributed by atoms with Crippen molar-refractivity contribution >= 4 is 23.4 Å². The maximum Gasteiger partial charge on any atom is 0.414 e. The molecule has 0 saturated heterocycles. The van der Waals surface area contributed by atoms with Crippen LogP contribution in [-0.4, -0.2) is 30.8 Å². The van der Waals surface area contributed by atoms with E-state index < -0.39 is 12.1 Å². The highest BCUT2D eigenvalue weighted by Crippen LogP contribution is 2.27. The molecule has 0 aliphatic heterocycles. The highest BCUT2D eigenvalue weighted by atomic mass is 16.6. The van der Waals surface area contributed by atoms with Gasteiger partial charge in [-0.1, -0.05) is 18.7 Å². The highest BCUT2D eigenvalue weighted by Gasteiger charge is 2.21. The van der Waals surface area contributed by atoms with Gasteiger partial charge in [0.05, 0.1) is 16.9 Å². The summed E-state index contributed by atoms with van der Waals surface area (Å²) in [6.45, 7) is 3.45. The minimum atomic E-state index is -1.17. The number of anilines is 2. The lowest BCUT2D eigenvalue weighted by Gasteiger charge is -2.20. The number of rotatable bonds is 4. The number of nitrogens with two attached hydrogens (primary N) is 1. The fourth-order valence-corrected chi connectivity index (χ4v) is 1.43. The van der Waals surface area contributed by atoms with Gasteiger partial charge in [0.1, 0.15) is 6.61 Å². The van der Waals surface area contributed by atoms with Crippen molar-refractivity contribution in [2.45, 2.75) is 0 Å². The minimum Gasteiger partial charge on any atom is -0.478 e. The van der Waals surface area contributed by atoms with Crippen LogP contribution in [0.1, 0.15) is 10.4 Å². The van der Waals surface area contributed by atoms with Gasteiger partial charge in [0.25, 0.3) is 0 Å². The molecule has 18 heavy (non-hydrogen) atoms. The maximum atomic E-state index is 11.6. The molecular weight excluding hydrogens is 236 g/mol. The zero-order chi connectivity index (χ0) is 13.7. The molecule has 3 N–H and O–H groups in total. The van der Waals surface area contributed by atoms with Crippen molar-refractivity contribution in [2.75, 3.05) is 24.3 Å². The summed E-state index contributed by atoms with van der Waals surface area (Å²) in [5, 5.41) is 9.05. The van der Waals surface area contributed by atoms with E-state index in [-0.39, 0.29) is 23.5 Å². The number of carboxylic acid groups (broad SMARTS) is 1. The molecule has 1 rings (SSSR count). The number of carbonyl (C=O) groups is 2. The lowest BCUT2D eigenvalue weighted by atomic mass is 10.1. The van der Waals surface area contributed by atoms with Gasteiger partial charge in [-0.3, -0.25) is 4.90 Å². The molecule has 6 heteroatoms. The average molecular weight is 250 g/mol. The van der Waals surface area contributed by atoms with Crippen molar-refractivity contribution in [3.63, 3.8) is 0 Å². The van der Waals surface area contributed by atoms with Gasteiger partial charge in [0.2, 0.25) is 0 Å². The summed E-state index contributed by atoms with van der Waals surface area (Å²) in [5.74, 6) is -1.17. The van der Waals surface area contributed by atoms with Crippen LogP contribution in [0.4, 0.5) is 16.2 Å². The molecule has 1 aromatic carbocycles. The van der Waals surface area contributed by atoms with Crippen LogP contribution in [0.5, 0.6) is 0 Å².